The molecule has 2 nitrogen and oxygen atoms in total. The van der Waals surface area contributed by atoms with Gasteiger partial charge in [0, 0.05) is 24.7 Å². The van der Waals surface area contributed by atoms with Crippen LogP contribution >= 0.6 is 0 Å². The molecule has 78 valence electrons. The van der Waals surface area contributed by atoms with Crippen LogP contribution in [0.4, 0.5) is 8.78 Å². The van der Waals surface area contributed by atoms with Gasteiger partial charge in [0.1, 0.15) is 11.6 Å². The topological polar surface area (TPSA) is 23.5 Å². The van der Waals surface area contributed by atoms with Crippen LogP contribution in [0.2, 0.25) is 0 Å². The minimum atomic E-state index is -0.573. The highest BCUT2D eigenvalue weighted by Gasteiger charge is 2.06. The lowest BCUT2D eigenvalue weighted by atomic mass is 10.2. The molecule has 0 aliphatic heterocycles. The second-order valence-corrected chi connectivity index (χ2v) is 3.20. The minimum Gasteiger partial charge on any atom is -0.395 e. The van der Waals surface area contributed by atoms with Gasteiger partial charge in [-0.15, -0.1) is 0 Å². The van der Waals surface area contributed by atoms with Crippen LogP contribution in [0, 0.1) is 11.6 Å². The highest BCUT2D eigenvalue weighted by Crippen LogP contribution is 2.11. The van der Waals surface area contributed by atoms with Gasteiger partial charge in [0.05, 0.1) is 6.61 Å². The molecule has 0 aromatic heterocycles. The van der Waals surface area contributed by atoms with E-state index in [1.807, 2.05) is 0 Å². The molecule has 0 saturated heterocycles. The van der Waals surface area contributed by atoms with E-state index in [0.29, 0.717) is 18.7 Å². The Labute approximate surface area is 81.8 Å². The highest BCUT2D eigenvalue weighted by molar-refractivity contribution is 5.18. The second kappa shape index (κ2) is 5.02. The summed E-state index contributed by atoms with van der Waals surface area (Å²) < 4.78 is 25.7. The van der Waals surface area contributed by atoms with Crippen LogP contribution in [-0.2, 0) is 6.54 Å². The van der Waals surface area contributed by atoms with Crippen LogP contribution in [0.25, 0.3) is 0 Å². The molecule has 1 aromatic rings. The van der Waals surface area contributed by atoms with Gasteiger partial charge in [-0.05, 0) is 13.1 Å². The van der Waals surface area contributed by atoms with E-state index >= 15 is 0 Å². The van der Waals surface area contributed by atoms with Crippen molar-refractivity contribution in [1.29, 1.82) is 0 Å². The fourth-order valence-corrected chi connectivity index (χ4v) is 1.19. The lowest BCUT2D eigenvalue weighted by molar-refractivity contribution is 0.216. The highest BCUT2D eigenvalue weighted by atomic mass is 19.1. The summed E-state index contributed by atoms with van der Waals surface area (Å²) in [7, 11) is 1.76. The van der Waals surface area contributed by atoms with Crippen LogP contribution in [0.3, 0.4) is 0 Å². The predicted molar refractivity (Wildman–Crippen MR) is 49.8 cm³/mol. The van der Waals surface area contributed by atoms with Gasteiger partial charge < -0.3 is 5.11 Å². The van der Waals surface area contributed by atoms with Gasteiger partial charge in [-0.25, -0.2) is 8.78 Å². The summed E-state index contributed by atoms with van der Waals surface area (Å²) in [5, 5.41) is 8.63. The zero-order chi connectivity index (χ0) is 10.6. The molecule has 0 saturated carbocycles. The number of hydrogen-bond acceptors (Lipinski definition) is 2. The Balaban J connectivity index is 2.67. The molecule has 0 heterocycles. The van der Waals surface area contributed by atoms with Crippen molar-refractivity contribution in [2.45, 2.75) is 6.54 Å². The number of halogens is 2. The zero-order valence-corrected chi connectivity index (χ0v) is 8.00. The van der Waals surface area contributed by atoms with Gasteiger partial charge in [0.25, 0.3) is 0 Å². The van der Waals surface area contributed by atoms with E-state index in [4.69, 9.17) is 5.11 Å². The smallest absolute Gasteiger partial charge is 0.130 e. The summed E-state index contributed by atoms with van der Waals surface area (Å²) >= 11 is 0. The monoisotopic (exact) mass is 201 g/mol. The largest absolute Gasteiger partial charge is 0.395 e. The maximum Gasteiger partial charge on any atom is 0.130 e. The van der Waals surface area contributed by atoms with Gasteiger partial charge in [-0.3, -0.25) is 4.90 Å². The van der Waals surface area contributed by atoms with E-state index in [2.05, 4.69) is 0 Å². The molecule has 1 N–H and O–H groups in total. The number of nitrogens with zero attached hydrogens (tertiary/aromatic N) is 1. The van der Waals surface area contributed by atoms with Crippen LogP contribution < -0.4 is 0 Å². The number of benzene rings is 1. The average Bonchev–Trinajstić information content (AvgIpc) is 2.10. The first-order chi connectivity index (χ1) is 6.63. The Hall–Kier alpha value is -1.00. The lowest BCUT2D eigenvalue weighted by Gasteiger charge is -2.15. The first-order valence-electron chi connectivity index (χ1n) is 4.37. The maximum absolute atomic E-state index is 13.1. The van der Waals surface area contributed by atoms with E-state index in [1.54, 1.807) is 11.9 Å². The van der Waals surface area contributed by atoms with Gasteiger partial charge >= 0.3 is 0 Å². The third-order valence-electron chi connectivity index (χ3n) is 1.94. The molecule has 0 radical (unpaired) electrons. The Morgan fingerprint density at radius 2 is 2.07 bits per heavy atom. The van der Waals surface area contributed by atoms with Crippen molar-refractivity contribution in [3.05, 3.63) is 35.4 Å². The summed E-state index contributed by atoms with van der Waals surface area (Å²) in [5.74, 6) is -1.12. The van der Waals surface area contributed by atoms with Crippen molar-refractivity contribution < 1.29 is 13.9 Å². The van der Waals surface area contributed by atoms with Gasteiger partial charge in [0.2, 0.25) is 0 Å². The summed E-state index contributed by atoms with van der Waals surface area (Å²) in [5.41, 5.74) is 0.433. The van der Waals surface area contributed by atoms with Gasteiger partial charge in [-0.2, -0.15) is 0 Å². The summed E-state index contributed by atoms with van der Waals surface area (Å²) in [6, 6.07) is 3.51. The Morgan fingerprint density at radius 1 is 1.36 bits per heavy atom. The molecule has 0 fully saturated rings. The standard InChI is InChI=1S/C10H13F2NO/c1-13(4-5-14)7-8-2-3-9(11)6-10(8)12/h2-3,6,14H,4-5,7H2,1H3. The SMILES string of the molecule is CN(CCO)Cc1ccc(F)cc1F. The quantitative estimate of drug-likeness (QED) is 0.795. The zero-order valence-electron chi connectivity index (χ0n) is 8.00. The molecule has 0 bridgehead atoms. The average molecular weight is 201 g/mol. The molecule has 0 atom stereocenters. The number of aliphatic hydroxyl groups is 1. The number of hydrogen-bond donors (Lipinski definition) is 1. The van der Waals surface area contributed by atoms with E-state index in [-0.39, 0.29) is 6.61 Å². The Kier molecular flexibility index (Phi) is 3.98. The summed E-state index contributed by atoms with van der Waals surface area (Å²) in [4.78, 5) is 1.76. The molecular formula is C10H13F2NO. The van der Waals surface area contributed by atoms with Gasteiger partial charge in [-0.1, -0.05) is 6.07 Å². The van der Waals surface area contributed by atoms with Crippen molar-refractivity contribution in [1.82, 2.24) is 4.90 Å². The van der Waals surface area contributed by atoms with Crippen LogP contribution in [0.15, 0.2) is 18.2 Å². The molecule has 4 heteroatoms. The number of rotatable bonds is 4. The van der Waals surface area contributed by atoms with Crippen LogP contribution in [-0.4, -0.2) is 30.2 Å². The maximum atomic E-state index is 13.1. The predicted octanol–water partition coefficient (Wildman–Crippen LogP) is 1.39. The summed E-state index contributed by atoms with van der Waals surface area (Å²) in [6.07, 6.45) is 0. The lowest BCUT2D eigenvalue weighted by Crippen LogP contribution is -2.22. The molecule has 14 heavy (non-hydrogen) atoms. The molecule has 0 amide bonds. The van der Waals surface area contributed by atoms with Crippen LogP contribution in [0.1, 0.15) is 5.56 Å². The van der Waals surface area contributed by atoms with E-state index in [9.17, 15) is 8.78 Å². The van der Waals surface area contributed by atoms with Crippen molar-refractivity contribution in [2.75, 3.05) is 20.2 Å². The molecular weight excluding hydrogens is 188 g/mol. The van der Waals surface area contributed by atoms with Crippen molar-refractivity contribution in [3.8, 4) is 0 Å². The van der Waals surface area contributed by atoms with E-state index in [0.717, 1.165) is 6.07 Å². The van der Waals surface area contributed by atoms with Crippen LogP contribution in [0.5, 0.6) is 0 Å². The molecule has 1 aromatic carbocycles. The fraction of sp³-hybridized carbons (Fsp3) is 0.400. The summed E-state index contributed by atoms with van der Waals surface area (Å²) in [6.45, 7) is 0.864. The minimum absolute atomic E-state index is 0.0271. The van der Waals surface area contributed by atoms with Crippen molar-refractivity contribution >= 4 is 0 Å². The van der Waals surface area contributed by atoms with Crippen molar-refractivity contribution in [2.24, 2.45) is 0 Å². The Morgan fingerprint density at radius 3 is 2.64 bits per heavy atom. The molecule has 0 unspecified atom stereocenters. The Bertz CT molecular complexity index is 304. The first-order valence-corrected chi connectivity index (χ1v) is 4.37. The number of likely N-dealkylation sites (N-methyl/N-ethyl adjacent to an activating group) is 1. The third-order valence-corrected chi connectivity index (χ3v) is 1.94. The molecule has 1 rings (SSSR count). The van der Waals surface area contributed by atoms with Crippen molar-refractivity contribution in [3.63, 3.8) is 0 Å². The molecule has 0 aliphatic carbocycles. The number of aliphatic hydroxyl groups excluding tert-OH is 1. The first kappa shape index (κ1) is 11.1. The van der Waals surface area contributed by atoms with Gasteiger partial charge in [0.15, 0.2) is 0 Å². The van der Waals surface area contributed by atoms with E-state index in [1.165, 1.54) is 12.1 Å². The molecule has 0 spiro atoms. The second-order valence-electron chi connectivity index (χ2n) is 3.20. The molecule has 0 aliphatic rings. The normalized spacial score (nSPS) is 10.9. The third kappa shape index (κ3) is 3.05. The van der Waals surface area contributed by atoms with E-state index < -0.39 is 11.6 Å². The fourth-order valence-electron chi connectivity index (χ4n) is 1.19.